The summed E-state index contributed by atoms with van der Waals surface area (Å²) >= 11 is 0. The number of hydrogen-bond donors (Lipinski definition) is 1. The van der Waals surface area contributed by atoms with Crippen molar-refractivity contribution < 1.29 is 4.92 Å². The number of likely N-dealkylation sites (tertiary alicyclic amines) is 1. The second kappa shape index (κ2) is 5.79. The van der Waals surface area contributed by atoms with Crippen molar-refractivity contribution in [2.45, 2.75) is 31.8 Å². The molecule has 2 aromatic heterocycles. The number of nitrogens with two attached hydrogens (primary N) is 1. The maximum atomic E-state index is 11.4. The van der Waals surface area contributed by atoms with E-state index in [0.29, 0.717) is 30.5 Å². The molecule has 1 atom stereocenters. The molecule has 1 unspecified atom stereocenters. The highest BCUT2D eigenvalue weighted by atomic mass is 16.6. The van der Waals surface area contributed by atoms with Crippen LogP contribution in [0.1, 0.15) is 25.0 Å². The van der Waals surface area contributed by atoms with Crippen molar-refractivity contribution in [3.8, 4) is 0 Å². The smallest absolute Gasteiger partial charge is 0.352 e. The molecule has 112 valence electrons. The van der Waals surface area contributed by atoms with E-state index < -0.39 is 0 Å². The quantitative estimate of drug-likeness (QED) is 0.681. The Labute approximate surface area is 122 Å². The van der Waals surface area contributed by atoms with Crippen molar-refractivity contribution in [1.82, 2.24) is 14.3 Å². The molecule has 0 aliphatic carbocycles. The lowest BCUT2D eigenvalue weighted by Crippen LogP contribution is -2.43. The Bertz CT molecular complexity index is 654. The van der Waals surface area contributed by atoms with Gasteiger partial charge in [-0.1, -0.05) is 12.5 Å². The molecule has 1 aliphatic rings. The highest BCUT2D eigenvalue weighted by molar-refractivity contribution is 5.48. The van der Waals surface area contributed by atoms with Gasteiger partial charge in [0.2, 0.25) is 5.65 Å². The molecule has 7 heteroatoms. The first-order valence-corrected chi connectivity index (χ1v) is 7.25. The molecule has 0 aromatic carbocycles. The van der Waals surface area contributed by atoms with Gasteiger partial charge in [0.1, 0.15) is 0 Å². The first-order valence-electron chi connectivity index (χ1n) is 7.25. The molecule has 0 saturated carbocycles. The lowest BCUT2D eigenvalue weighted by atomic mass is 10.0. The molecule has 2 N–H and O–H groups in total. The van der Waals surface area contributed by atoms with Crippen molar-refractivity contribution in [3.63, 3.8) is 0 Å². The van der Waals surface area contributed by atoms with Gasteiger partial charge in [0.05, 0.1) is 6.20 Å². The molecule has 0 spiro atoms. The van der Waals surface area contributed by atoms with E-state index in [9.17, 15) is 10.1 Å². The summed E-state index contributed by atoms with van der Waals surface area (Å²) in [4.78, 5) is 17.7. The Morgan fingerprint density at radius 1 is 1.43 bits per heavy atom. The average molecular weight is 289 g/mol. The van der Waals surface area contributed by atoms with Crippen LogP contribution in [0.25, 0.3) is 5.65 Å². The number of imidazole rings is 1. The maximum Gasteiger partial charge on any atom is 0.352 e. The largest absolute Gasteiger partial charge is 0.358 e. The molecule has 7 nitrogen and oxygen atoms in total. The summed E-state index contributed by atoms with van der Waals surface area (Å²) in [5, 5.41) is 11.4. The van der Waals surface area contributed by atoms with E-state index in [1.807, 2.05) is 6.07 Å². The average Bonchev–Trinajstić information content (AvgIpc) is 2.85. The van der Waals surface area contributed by atoms with Crippen LogP contribution in [0.5, 0.6) is 0 Å². The minimum Gasteiger partial charge on any atom is -0.358 e. The Balaban J connectivity index is 1.96. The number of nitrogens with zero attached hydrogens (tertiary/aromatic N) is 4. The van der Waals surface area contributed by atoms with Crippen LogP contribution in [0.15, 0.2) is 24.4 Å². The predicted molar refractivity (Wildman–Crippen MR) is 78.9 cm³/mol. The summed E-state index contributed by atoms with van der Waals surface area (Å²) in [6, 6.07) is 5.69. The van der Waals surface area contributed by atoms with E-state index in [0.717, 1.165) is 19.4 Å². The molecule has 1 saturated heterocycles. The van der Waals surface area contributed by atoms with Gasteiger partial charge in [0.25, 0.3) is 0 Å². The molecular weight excluding hydrogens is 270 g/mol. The van der Waals surface area contributed by atoms with Crippen LogP contribution in [0, 0.1) is 10.1 Å². The summed E-state index contributed by atoms with van der Waals surface area (Å²) in [6.45, 7) is 1.99. The van der Waals surface area contributed by atoms with Crippen LogP contribution in [0.4, 0.5) is 5.82 Å². The number of aromatic nitrogens is 2. The van der Waals surface area contributed by atoms with Gasteiger partial charge in [-0.05, 0) is 30.4 Å². The molecule has 0 amide bonds. The maximum absolute atomic E-state index is 11.4. The van der Waals surface area contributed by atoms with Gasteiger partial charge in [0, 0.05) is 25.2 Å². The van der Waals surface area contributed by atoms with Gasteiger partial charge in [0.15, 0.2) is 5.69 Å². The van der Waals surface area contributed by atoms with Crippen molar-refractivity contribution in [3.05, 3.63) is 40.2 Å². The minimum atomic E-state index is -0.350. The Morgan fingerprint density at radius 3 is 3.05 bits per heavy atom. The Kier molecular flexibility index (Phi) is 3.85. The summed E-state index contributed by atoms with van der Waals surface area (Å²) in [7, 11) is 0. The molecule has 2 aromatic rings. The van der Waals surface area contributed by atoms with E-state index in [1.54, 1.807) is 18.3 Å². The van der Waals surface area contributed by atoms with Crippen molar-refractivity contribution >= 4 is 11.5 Å². The van der Waals surface area contributed by atoms with Gasteiger partial charge in [-0.3, -0.25) is 4.90 Å². The summed E-state index contributed by atoms with van der Waals surface area (Å²) < 4.78 is 1.54. The minimum absolute atomic E-state index is 0.0620. The standard InChI is InChI=1S/C14H19N5O2/c15-9-11-5-1-3-7-17(11)10-12-14(19(20)21)18-8-4-2-6-13(18)16-12/h2,4,6,8,11H,1,3,5,7,9-10,15H2. The van der Waals surface area contributed by atoms with Gasteiger partial charge >= 0.3 is 5.82 Å². The molecule has 3 rings (SSSR count). The molecule has 0 bridgehead atoms. The first kappa shape index (κ1) is 14.0. The summed E-state index contributed by atoms with van der Waals surface area (Å²) in [5.74, 6) is 0.0620. The monoisotopic (exact) mass is 289 g/mol. The van der Waals surface area contributed by atoms with Crippen LogP contribution in [-0.2, 0) is 6.54 Å². The normalized spacial score (nSPS) is 20.0. The van der Waals surface area contributed by atoms with Gasteiger partial charge in [-0.25, -0.2) is 4.98 Å². The number of nitro groups is 1. The predicted octanol–water partition coefficient (Wildman–Crippen LogP) is 1.56. The van der Waals surface area contributed by atoms with E-state index in [-0.39, 0.29) is 10.7 Å². The first-order chi connectivity index (χ1) is 10.2. The lowest BCUT2D eigenvalue weighted by molar-refractivity contribution is -0.391. The molecule has 3 heterocycles. The van der Waals surface area contributed by atoms with E-state index in [1.165, 1.54) is 10.8 Å². The number of rotatable bonds is 4. The Hall–Kier alpha value is -1.99. The zero-order valence-corrected chi connectivity index (χ0v) is 11.8. The van der Waals surface area contributed by atoms with Crippen LogP contribution in [0.3, 0.4) is 0 Å². The summed E-state index contributed by atoms with van der Waals surface area (Å²) in [6.07, 6.45) is 5.02. The number of hydrogen-bond acceptors (Lipinski definition) is 5. The second-order valence-corrected chi connectivity index (χ2v) is 5.42. The molecule has 0 radical (unpaired) electrons. The van der Waals surface area contributed by atoms with Crippen LogP contribution < -0.4 is 5.73 Å². The molecule has 21 heavy (non-hydrogen) atoms. The number of pyridine rings is 1. The van der Waals surface area contributed by atoms with E-state index >= 15 is 0 Å². The fourth-order valence-corrected chi connectivity index (χ4v) is 3.06. The van der Waals surface area contributed by atoms with Crippen molar-refractivity contribution in [1.29, 1.82) is 0 Å². The van der Waals surface area contributed by atoms with E-state index in [4.69, 9.17) is 5.73 Å². The molecule has 1 fully saturated rings. The second-order valence-electron chi connectivity index (χ2n) is 5.42. The zero-order chi connectivity index (χ0) is 14.8. The van der Waals surface area contributed by atoms with E-state index in [2.05, 4.69) is 9.88 Å². The van der Waals surface area contributed by atoms with Crippen molar-refractivity contribution in [2.75, 3.05) is 13.1 Å². The van der Waals surface area contributed by atoms with Crippen LogP contribution >= 0.6 is 0 Å². The third kappa shape index (κ3) is 2.62. The summed E-state index contributed by atoms with van der Waals surface area (Å²) in [5.41, 5.74) is 6.95. The van der Waals surface area contributed by atoms with Gasteiger partial charge in [-0.2, -0.15) is 4.40 Å². The highest BCUT2D eigenvalue weighted by Gasteiger charge is 2.27. The SMILES string of the molecule is NCC1CCCCN1Cc1nc2ccccn2c1[N+](=O)[O-]. The van der Waals surface area contributed by atoms with Crippen LogP contribution in [-0.4, -0.2) is 38.3 Å². The molecular formula is C14H19N5O2. The van der Waals surface area contributed by atoms with Crippen LogP contribution in [0.2, 0.25) is 0 Å². The molecule has 1 aliphatic heterocycles. The fraction of sp³-hybridized carbons (Fsp3) is 0.500. The zero-order valence-electron chi connectivity index (χ0n) is 11.8. The van der Waals surface area contributed by atoms with Gasteiger partial charge < -0.3 is 15.8 Å². The van der Waals surface area contributed by atoms with Gasteiger partial charge in [-0.15, -0.1) is 0 Å². The lowest BCUT2D eigenvalue weighted by Gasteiger charge is -2.34. The third-order valence-corrected chi connectivity index (χ3v) is 4.12. The van der Waals surface area contributed by atoms with Crippen molar-refractivity contribution in [2.24, 2.45) is 5.73 Å². The Morgan fingerprint density at radius 2 is 2.29 bits per heavy atom. The topological polar surface area (TPSA) is 89.7 Å². The fourth-order valence-electron chi connectivity index (χ4n) is 3.06. The number of piperidine rings is 1. The highest BCUT2D eigenvalue weighted by Crippen LogP contribution is 2.25. The third-order valence-electron chi connectivity index (χ3n) is 4.12. The number of fused-ring (bicyclic) bond motifs is 1.